The number of unbranched alkanes of at least 4 members (excludes halogenated alkanes) is 22. The molecule has 1 aliphatic heterocycles. The highest BCUT2D eigenvalue weighted by Crippen LogP contribution is 2.24. The molecule has 1 aliphatic rings. The largest absolute Gasteiger partial charge is 0.394 e. The van der Waals surface area contributed by atoms with Gasteiger partial charge in [-0.1, -0.05) is 168 Å². The van der Waals surface area contributed by atoms with Gasteiger partial charge >= 0.3 is 0 Å². The number of hydrogen-bond donors (Lipinski definition) is 5. The maximum absolute atomic E-state index is 10.8. The second-order valence-electron chi connectivity index (χ2n) is 13.7. The van der Waals surface area contributed by atoms with Crippen molar-refractivity contribution >= 4 is 0 Å². The third kappa shape index (κ3) is 21.9. The van der Waals surface area contributed by atoms with Gasteiger partial charge in [-0.05, 0) is 24.8 Å². The number of hydrogen-bond acceptors (Lipinski definition) is 7. The summed E-state index contributed by atoms with van der Waals surface area (Å²) in [7, 11) is 0. The monoisotopic (exact) mass is 643 g/mol. The fourth-order valence-electron chi connectivity index (χ4n) is 6.34. The highest BCUT2D eigenvalue weighted by molar-refractivity contribution is 5.06. The Bertz CT molecular complexity index is 670. The van der Waals surface area contributed by atoms with Crippen LogP contribution in [0.15, 0.2) is 11.6 Å². The first-order valence-corrected chi connectivity index (χ1v) is 19.2. The van der Waals surface area contributed by atoms with Crippen molar-refractivity contribution in [2.75, 3.05) is 13.2 Å². The Kier molecular flexibility index (Phi) is 27.9. The first-order chi connectivity index (χ1) is 21.9. The van der Waals surface area contributed by atoms with Crippen LogP contribution < -0.4 is 0 Å². The normalized spacial score (nSPS) is 23.1. The Morgan fingerprint density at radius 2 is 1.02 bits per heavy atom. The van der Waals surface area contributed by atoms with Gasteiger partial charge in [-0.3, -0.25) is 0 Å². The zero-order valence-electron chi connectivity index (χ0n) is 29.4. The summed E-state index contributed by atoms with van der Waals surface area (Å²) in [6, 6.07) is 0. The molecule has 7 nitrogen and oxygen atoms in total. The van der Waals surface area contributed by atoms with Crippen LogP contribution in [0.5, 0.6) is 0 Å². The number of aliphatic hydroxyl groups excluding tert-OH is 5. The molecule has 1 fully saturated rings. The van der Waals surface area contributed by atoms with Gasteiger partial charge in [-0.15, -0.1) is 0 Å². The average molecular weight is 643 g/mol. The Hall–Kier alpha value is -0.540. The van der Waals surface area contributed by atoms with Crippen LogP contribution in [0.1, 0.15) is 181 Å². The van der Waals surface area contributed by atoms with E-state index in [-0.39, 0.29) is 6.61 Å². The highest BCUT2D eigenvalue weighted by Gasteiger charge is 2.44. The van der Waals surface area contributed by atoms with Crippen LogP contribution in [-0.2, 0) is 9.47 Å². The first kappa shape index (κ1) is 42.5. The summed E-state index contributed by atoms with van der Waals surface area (Å²) < 4.78 is 11.4. The fraction of sp³-hybridized carbons (Fsp3) is 0.947. The van der Waals surface area contributed by atoms with Gasteiger partial charge < -0.3 is 35.0 Å². The molecule has 0 aromatic heterocycles. The molecule has 0 aromatic rings. The molecule has 45 heavy (non-hydrogen) atoms. The van der Waals surface area contributed by atoms with E-state index < -0.39 is 43.4 Å². The molecule has 1 heterocycles. The van der Waals surface area contributed by atoms with Crippen LogP contribution >= 0.6 is 0 Å². The molecule has 5 N–H and O–H groups in total. The Labute approximate surface area is 277 Å². The van der Waals surface area contributed by atoms with Crippen LogP contribution in [0, 0.1) is 0 Å². The van der Waals surface area contributed by atoms with Crippen LogP contribution in [0.3, 0.4) is 0 Å². The molecule has 2 unspecified atom stereocenters. The summed E-state index contributed by atoms with van der Waals surface area (Å²) in [5.41, 5.74) is 0.963. The van der Waals surface area contributed by atoms with Crippen LogP contribution in [0.4, 0.5) is 0 Å². The lowest BCUT2D eigenvalue weighted by atomic mass is 9.99. The van der Waals surface area contributed by atoms with E-state index in [1.54, 1.807) is 0 Å². The van der Waals surface area contributed by atoms with Gasteiger partial charge in [0.05, 0.1) is 19.3 Å². The van der Waals surface area contributed by atoms with Gasteiger partial charge in [-0.2, -0.15) is 0 Å². The van der Waals surface area contributed by atoms with Crippen molar-refractivity contribution < 1.29 is 35.0 Å². The maximum atomic E-state index is 10.8. The van der Waals surface area contributed by atoms with E-state index in [0.29, 0.717) is 0 Å². The molecule has 0 aromatic carbocycles. The van der Waals surface area contributed by atoms with E-state index in [4.69, 9.17) is 9.47 Å². The van der Waals surface area contributed by atoms with Gasteiger partial charge in [0.25, 0.3) is 0 Å². The SMILES string of the molecule is CCCCCCCCCCCCCC/C(=C\[C@@H](O)CCCCCCCCCCCCCC)COC1OC(CO)[C@@H](O)[C@@H](O)[C@H]1O. The molecule has 0 amide bonds. The molecule has 0 bridgehead atoms. The summed E-state index contributed by atoms with van der Waals surface area (Å²) in [6.45, 7) is 4.20. The van der Waals surface area contributed by atoms with Crippen molar-refractivity contribution in [1.29, 1.82) is 0 Å². The van der Waals surface area contributed by atoms with Crippen molar-refractivity contribution in [3.8, 4) is 0 Å². The highest BCUT2D eigenvalue weighted by atomic mass is 16.7. The van der Waals surface area contributed by atoms with Gasteiger partial charge in [0.2, 0.25) is 0 Å². The molecule has 7 heteroatoms. The number of ether oxygens (including phenoxy) is 2. The Morgan fingerprint density at radius 1 is 0.600 bits per heavy atom. The molecule has 0 radical (unpaired) electrons. The summed E-state index contributed by atoms with van der Waals surface area (Å²) >= 11 is 0. The average Bonchev–Trinajstić information content (AvgIpc) is 3.04. The van der Waals surface area contributed by atoms with Crippen LogP contribution in [-0.4, -0.2) is 75.6 Å². The third-order valence-electron chi connectivity index (χ3n) is 9.41. The Morgan fingerprint density at radius 3 is 1.47 bits per heavy atom. The van der Waals surface area contributed by atoms with E-state index in [2.05, 4.69) is 13.8 Å². The summed E-state index contributed by atoms with van der Waals surface area (Å²) in [6.07, 6.45) is 27.3. The van der Waals surface area contributed by atoms with Gasteiger partial charge in [0, 0.05) is 0 Å². The molecule has 0 spiro atoms. The summed E-state index contributed by atoms with van der Waals surface area (Å²) in [5.74, 6) is 0. The number of aliphatic hydroxyl groups is 5. The van der Waals surface area contributed by atoms with Crippen molar-refractivity contribution in [3.63, 3.8) is 0 Å². The molecule has 268 valence electrons. The second kappa shape index (κ2) is 29.6. The minimum Gasteiger partial charge on any atom is -0.394 e. The van der Waals surface area contributed by atoms with Gasteiger partial charge in [0.15, 0.2) is 6.29 Å². The van der Waals surface area contributed by atoms with E-state index in [1.807, 2.05) is 6.08 Å². The molecule has 0 saturated carbocycles. The smallest absolute Gasteiger partial charge is 0.187 e. The van der Waals surface area contributed by atoms with E-state index in [9.17, 15) is 25.5 Å². The molecule has 1 saturated heterocycles. The van der Waals surface area contributed by atoms with Crippen molar-refractivity contribution in [3.05, 3.63) is 11.6 Å². The standard InChI is InChI=1S/C38H74O7/c1-3-5-7-9-11-13-15-17-19-21-23-25-27-32(31-44-38-37(43)36(42)35(41)34(30-39)45-38)29-33(40)28-26-24-22-20-18-16-14-12-10-8-6-4-2/h29,33-43H,3-28,30-31H2,1-2H3/b32-29+/t33-,34?,35+,36+,37+,38?/m0/s1. The topological polar surface area (TPSA) is 120 Å². The lowest BCUT2D eigenvalue weighted by Gasteiger charge is -2.39. The van der Waals surface area contributed by atoms with Crippen molar-refractivity contribution in [1.82, 2.24) is 0 Å². The van der Waals surface area contributed by atoms with Crippen LogP contribution in [0.2, 0.25) is 0 Å². The fourth-order valence-corrected chi connectivity index (χ4v) is 6.34. The molecular weight excluding hydrogens is 568 g/mol. The predicted octanol–water partition coefficient (Wildman–Crippen LogP) is 8.27. The Balaban J connectivity index is 2.39. The van der Waals surface area contributed by atoms with E-state index in [0.717, 1.165) is 44.1 Å². The zero-order chi connectivity index (χ0) is 33.0. The molecular formula is C38H74O7. The van der Waals surface area contributed by atoms with Gasteiger partial charge in [0.1, 0.15) is 24.4 Å². The van der Waals surface area contributed by atoms with Crippen molar-refractivity contribution in [2.45, 2.75) is 218 Å². The summed E-state index contributed by atoms with van der Waals surface area (Å²) in [4.78, 5) is 0. The second-order valence-corrected chi connectivity index (χ2v) is 13.7. The maximum Gasteiger partial charge on any atom is 0.187 e. The minimum absolute atomic E-state index is 0.163. The van der Waals surface area contributed by atoms with E-state index >= 15 is 0 Å². The minimum atomic E-state index is -1.46. The van der Waals surface area contributed by atoms with E-state index in [1.165, 1.54) is 128 Å². The number of rotatable bonds is 31. The quantitative estimate of drug-likeness (QED) is 0.0381. The molecule has 1 rings (SSSR count). The predicted molar refractivity (Wildman–Crippen MR) is 185 cm³/mol. The van der Waals surface area contributed by atoms with Crippen LogP contribution in [0.25, 0.3) is 0 Å². The van der Waals surface area contributed by atoms with Crippen molar-refractivity contribution in [2.24, 2.45) is 0 Å². The third-order valence-corrected chi connectivity index (χ3v) is 9.41. The molecule has 0 aliphatic carbocycles. The molecule has 6 atom stereocenters. The van der Waals surface area contributed by atoms with Gasteiger partial charge in [-0.25, -0.2) is 0 Å². The zero-order valence-corrected chi connectivity index (χ0v) is 29.4. The first-order valence-electron chi connectivity index (χ1n) is 19.2. The lowest BCUT2D eigenvalue weighted by molar-refractivity contribution is -0.299. The lowest BCUT2D eigenvalue weighted by Crippen LogP contribution is -2.59. The summed E-state index contributed by atoms with van der Waals surface area (Å²) in [5, 5.41) is 50.8.